The van der Waals surface area contributed by atoms with Crippen molar-refractivity contribution < 1.29 is 5.11 Å². The second-order valence-corrected chi connectivity index (χ2v) is 6.20. The van der Waals surface area contributed by atoms with E-state index < -0.39 is 0 Å². The van der Waals surface area contributed by atoms with Gasteiger partial charge in [0.25, 0.3) is 0 Å². The van der Waals surface area contributed by atoms with Gasteiger partial charge in [-0.25, -0.2) is 0 Å². The summed E-state index contributed by atoms with van der Waals surface area (Å²) in [6.45, 7) is 8.18. The van der Waals surface area contributed by atoms with Gasteiger partial charge in [0.15, 0.2) is 0 Å². The Bertz CT molecular complexity index is 374. The fourth-order valence-corrected chi connectivity index (χ4v) is 2.99. The Kier molecular flexibility index (Phi) is 6.02. The number of likely N-dealkylation sites (tertiary alicyclic amines) is 1. The molecule has 2 unspecified atom stereocenters. The van der Waals surface area contributed by atoms with Crippen molar-refractivity contribution in [2.75, 3.05) is 26.2 Å². The van der Waals surface area contributed by atoms with Gasteiger partial charge in [0.1, 0.15) is 0 Å². The quantitative estimate of drug-likeness (QED) is 0.803. The summed E-state index contributed by atoms with van der Waals surface area (Å²) in [6.07, 6.45) is 2.27. The van der Waals surface area contributed by atoms with Gasteiger partial charge in [-0.2, -0.15) is 0 Å². The molecule has 3 nitrogen and oxygen atoms in total. The molecule has 0 bridgehead atoms. The molecule has 1 saturated heterocycles. The highest BCUT2D eigenvalue weighted by Gasteiger charge is 2.19. The maximum atomic E-state index is 10.2. The first-order chi connectivity index (χ1) is 9.66. The maximum absolute atomic E-state index is 10.2. The van der Waals surface area contributed by atoms with Gasteiger partial charge in [-0.3, -0.25) is 0 Å². The van der Waals surface area contributed by atoms with Crippen LogP contribution in [0.5, 0.6) is 0 Å². The molecule has 1 aromatic carbocycles. The molecule has 112 valence electrons. The van der Waals surface area contributed by atoms with Crippen LogP contribution in [-0.2, 0) is 0 Å². The molecule has 0 spiro atoms. The first-order valence-electron chi connectivity index (χ1n) is 7.85. The lowest BCUT2D eigenvalue weighted by atomic mass is 9.96. The number of β-amino-alcohol motifs (C(OH)–C–C–N with tert-alkyl or cyclic N) is 1. The van der Waals surface area contributed by atoms with E-state index in [1.807, 2.05) is 6.07 Å². The fourth-order valence-electron chi connectivity index (χ4n) is 2.99. The van der Waals surface area contributed by atoms with Crippen LogP contribution in [0, 0.1) is 5.92 Å². The predicted molar refractivity (Wildman–Crippen MR) is 83.7 cm³/mol. The third-order valence-corrected chi connectivity index (χ3v) is 4.07. The highest BCUT2D eigenvalue weighted by Crippen LogP contribution is 2.21. The molecule has 0 saturated carbocycles. The van der Waals surface area contributed by atoms with Crippen molar-refractivity contribution in [2.45, 2.75) is 38.8 Å². The Morgan fingerprint density at radius 3 is 2.40 bits per heavy atom. The lowest BCUT2D eigenvalue weighted by Crippen LogP contribution is -2.39. The average molecular weight is 276 g/mol. The molecule has 1 aliphatic rings. The zero-order valence-electron chi connectivity index (χ0n) is 12.8. The standard InChI is InChI=1S/C17H28N2O/c1-14(2)17(15-8-4-3-5-9-15)18-12-16(20)13-19-10-6-7-11-19/h3-5,8-9,14,16-18,20H,6-7,10-13H2,1-2H3. The van der Waals surface area contributed by atoms with Crippen LogP contribution >= 0.6 is 0 Å². The monoisotopic (exact) mass is 276 g/mol. The molecule has 2 rings (SSSR count). The zero-order valence-corrected chi connectivity index (χ0v) is 12.8. The second-order valence-electron chi connectivity index (χ2n) is 6.20. The first kappa shape index (κ1) is 15.5. The van der Waals surface area contributed by atoms with Gasteiger partial charge in [0, 0.05) is 19.1 Å². The molecule has 1 aromatic rings. The number of hydrogen-bond donors (Lipinski definition) is 2. The number of nitrogens with zero attached hydrogens (tertiary/aromatic N) is 1. The SMILES string of the molecule is CC(C)C(NCC(O)CN1CCCC1)c1ccccc1. The van der Waals surface area contributed by atoms with Gasteiger partial charge in [0.05, 0.1) is 6.10 Å². The zero-order chi connectivity index (χ0) is 14.4. The second kappa shape index (κ2) is 7.77. The molecule has 0 amide bonds. The van der Waals surface area contributed by atoms with Crippen molar-refractivity contribution in [1.82, 2.24) is 10.2 Å². The van der Waals surface area contributed by atoms with Crippen molar-refractivity contribution in [1.29, 1.82) is 0 Å². The van der Waals surface area contributed by atoms with Crippen molar-refractivity contribution in [3.63, 3.8) is 0 Å². The summed E-state index contributed by atoms with van der Waals surface area (Å²) in [4.78, 5) is 2.36. The van der Waals surface area contributed by atoms with E-state index in [-0.39, 0.29) is 6.10 Å². The third kappa shape index (κ3) is 4.58. The number of nitrogens with one attached hydrogen (secondary N) is 1. The van der Waals surface area contributed by atoms with Crippen molar-refractivity contribution >= 4 is 0 Å². The van der Waals surface area contributed by atoms with E-state index in [1.54, 1.807) is 0 Å². The Labute approximate surface area is 123 Å². The lowest BCUT2D eigenvalue weighted by molar-refractivity contribution is 0.118. The van der Waals surface area contributed by atoms with Gasteiger partial charge in [-0.15, -0.1) is 0 Å². The molecule has 2 N–H and O–H groups in total. The molecular formula is C17H28N2O. The Morgan fingerprint density at radius 2 is 1.80 bits per heavy atom. The Balaban J connectivity index is 1.82. The largest absolute Gasteiger partial charge is 0.390 e. The Morgan fingerprint density at radius 1 is 1.15 bits per heavy atom. The van der Waals surface area contributed by atoms with Gasteiger partial charge in [-0.1, -0.05) is 44.2 Å². The summed E-state index contributed by atoms with van der Waals surface area (Å²) in [5.74, 6) is 0.511. The highest BCUT2D eigenvalue weighted by molar-refractivity contribution is 5.19. The van der Waals surface area contributed by atoms with E-state index >= 15 is 0 Å². The number of aliphatic hydroxyl groups is 1. The molecule has 1 fully saturated rings. The third-order valence-electron chi connectivity index (χ3n) is 4.07. The van der Waals surface area contributed by atoms with Crippen molar-refractivity contribution in [2.24, 2.45) is 5.92 Å². The molecule has 3 heteroatoms. The maximum Gasteiger partial charge on any atom is 0.0791 e. The summed E-state index contributed by atoms with van der Waals surface area (Å²) >= 11 is 0. The molecule has 0 aromatic heterocycles. The number of rotatable bonds is 7. The molecule has 20 heavy (non-hydrogen) atoms. The minimum atomic E-state index is -0.280. The van der Waals surface area contributed by atoms with Crippen LogP contribution in [-0.4, -0.2) is 42.3 Å². The van der Waals surface area contributed by atoms with Gasteiger partial charge >= 0.3 is 0 Å². The predicted octanol–water partition coefficient (Wildman–Crippen LogP) is 2.43. The lowest BCUT2D eigenvalue weighted by Gasteiger charge is -2.26. The van der Waals surface area contributed by atoms with Crippen LogP contribution in [0.1, 0.15) is 38.3 Å². The average Bonchev–Trinajstić information content (AvgIpc) is 2.92. The molecule has 1 heterocycles. The van der Waals surface area contributed by atoms with Crippen LogP contribution in [0.2, 0.25) is 0 Å². The first-order valence-corrected chi connectivity index (χ1v) is 7.85. The molecule has 1 aliphatic heterocycles. The van der Waals surface area contributed by atoms with Crippen LogP contribution in [0.25, 0.3) is 0 Å². The smallest absolute Gasteiger partial charge is 0.0791 e. The molecule has 0 radical (unpaired) electrons. The van der Waals surface area contributed by atoms with Crippen LogP contribution in [0.3, 0.4) is 0 Å². The van der Waals surface area contributed by atoms with Crippen LogP contribution < -0.4 is 5.32 Å². The van der Waals surface area contributed by atoms with Crippen molar-refractivity contribution in [3.8, 4) is 0 Å². The molecule has 2 atom stereocenters. The number of hydrogen-bond acceptors (Lipinski definition) is 3. The minimum Gasteiger partial charge on any atom is -0.390 e. The van der Waals surface area contributed by atoms with Gasteiger partial charge in [-0.05, 0) is 37.4 Å². The van der Waals surface area contributed by atoms with E-state index in [4.69, 9.17) is 0 Å². The number of aliphatic hydroxyl groups excluding tert-OH is 1. The summed E-state index contributed by atoms with van der Waals surface area (Å²) < 4.78 is 0. The number of benzene rings is 1. The Hall–Kier alpha value is -0.900. The van der Waals surface area contributed by atoms with Crippen molar-refractivity contribution in [3.05, 3.63) is 35.9 Å². The van der Waals surface area contributed by atoms with Crippen LogP contribution in [0.15, 0.2) is 30.3 Å². The topological polar surface area (TPSA) is 35.5 Å². The van der Waals surface area contributed by atoms with E-state index in [9.17, 15) is 5.11 Å². The van der Waals surface area contributed by atoms with E-state index in [0.717, 1.165) is 19.6 Å². The van der Waals surface area contributed by atoms with Crippen LogP contribution in [0.4, 0.5) is 0 Å². The minimum absolute atomic E-state index is 0.280. The summed E-state index contributed by atoms with van der Waals surface area (Å²) in [5.41, 5.74) is 1.30. The van der Waals surface area contributed by atoms with E-state index in [0.29, 0.717) is 18.5 Å². The highest BCUT2D eigenvalue weighted by atomic mass is 16.3. The fraction of sp³-hybridized carbons (Fsp3) is 0.647. The molecular weight excluding hydrogens is 248 g/mol. The van der Waals surface area contributed by atoms with Gasteiger partial charge < -0.3 is 15.3 Å². The molecule has 0 aliphatic carbocycles. The summed E-state index contributed by atoms with van der Waals surface area (Å²) in [6, 6.07) is 10.8. The van der Waals surface area contributed by atoms with E-state index in [2.05, 4.69) is 48.3 Å². The summed E-state index contributed by atoms with van der Waals surface area (Å²) in [5, 5.41) is 13.7. The summed E-state index contributed by atoms with van der Waals surface area (Å²) in [7, 11) is 0. The van der Waals surface area contributed by atoms with Gasteiger partial charge in [0.2, 0.25) is 0 Å². The normalized spacial score (nSPS) is 19.4. The van der Waals surface area contributed by atoms with E-state index in [1.165, 1.54) is 18.4 Å².